The van der Waals surface area contributed by atoms with Crippen molar-refractivity contribution in [3.63, 3.8) is 0 Å². The van der Waals surface area contributed by atoms with Gasteiger partial charge < -0.3 is 10.6 Å². The van der Waals surface area contributed by atoms with Crippen LogP contribution in [0.4, 0.5) is 11.5 Å². The highest BCUT2D eigenvalue weighted by Gasteiger charge is 2.10. The molecule has 0 saturated carbocycles. The predicted octanol–water partition coefficient (Wildman–Crippen LogP) is 3.48. The average Bonchev–Trinajstić information content (AvgIpc) is 2.68. The van der Waals surface area contributed by atoms with Crippen LogP contribution in [0.25, 0.3) is 0 Å². The summed E-state index contributed by atoms with van der Waals surface area (Å²) in [6.45, 7) is 3.87. The third-order valence-corrected chi connectivity index (χ3v) is 3.91. The van der Waals surface area contributed by atoms with Crippen molar-refractivity contribution in [3.05, 3.63) is 77.5 Å². The zero-order valence-electron chi connectivity index (χ0n) is 15.0. The van der Waals surface area contributed by atoms with E-state index in [1.807, 2.05) is 44.2 Å². The second-order valence-electron chi connectivity index (χ2n) is 6.10. The summed E-state index contributed by atoms with van der Waals surface area (Å²) < 4.78 is 0. The summed E-state index contributed by atoms with van der Waals surface area (Å²) in [7, 11) is 0. The first kappa shape index (κ1) is 18.0. The van der Waals surface area contributed by atoms with Gasteiger partial charge in [0.05, 0.1) is 24.0 Å². The molecule has 0 bridgehead atoms. The van der Waals surface area contributed by atoms with E-state index in [-0.39, 0.29) is 17.6 Å². The smallest absolute Gasteiger partial charge is 0.257 e. The van der Waals surface area contributed by atoms with Gasteiger partial charge in [-0.25, -0.2) is 9.97 Å². The first-order valence-electron chi connectivity index (χ1n) is 8.37. The Morgan fingerprint density at radius 1 is 1.15 bits per heavy atom. The van der Waals surface area contributed by atoms with Crippen molar-refractivity contribution >= 4 is 17.4 Å². The molecule has 2 heterocycles. The first-order chi connectivity index (χ1) is 13.0. The highest BCUT2D eigenvalue weighted by atomic mass is 16.1. The second-order valence-corrected chi connectivity index (χ2v) is 6.10. The summed E-state index contributed by atoms with van der Waals surface area (Å²) >= 11 is 0. The summed E-state index contributed by atoms with van der Waals surface area (Å²) in [4.78, 5) is 24.6. The maximum absolute atomic E-state index is 12.4. The van der Waals surface area contributed by atoms with Crippen LogP contribution in [0.2, 0.25) is 0 Å². The number of nitrogens with one attached hydrogen (secondary N) is 2. The van der Waals surface area contributed by atoms with Gasteiger partial charge in [-0.05, 0) is 43.2 Å². The molecule has 7 heteroatoms. The van der Waals surface area contributed by atoms with Crippen molar-refractivity contribution in [1.29, 1.82) is 5.26 Å². The van der Waals surface area contributed by atoms with Crippen LogP contribution in [-0.2, 0) is 0 Å². The van der Waals surface area contributed by atoms with Gasteiger partial charge in [-0.2, -0.15) is 5.26 Å². The molecule has 134 valence electrons. The fourth-order valence-corrected chi connectivity index (χ4v) is 2.53. The Morgan fingerprint density at radius 2 is 2.00 bits per heavy atom. The minimum Gasteiger partial charge on any atom is -0.362 e. The lowest BCUT2D eigenvalue weighted by Crippen LogP contribution is -2.13. The van der Waals surface area contributed by atoms with Crippen LogP contribution >= 0.6 is 0 Å². The third-order valence-electron chi connectivity index (χ3n) is 3.91. The third kappa shape index (κ3) is 4.64. The Hall–Kier alpha value is -3.79. The molecule has 0 aliphatic rings. The topological polar surface area (TPSA) is 104 Å². The van der Waals surface area contributed by atoms with Gasteiger partial charge in [-0.1, -0.05) is 12.1 Å². The van der Waals surface area contributed by atoms with Gasteiger partial charge in [-0.15, -0.1) is 0 Å². The molecular formula is C20H18N6O. The van der Waals surface area contributed by atoms with E-state index in [1.54, 1.807) is 18.5 Å². The van der Waals surface area contributed by atoms with Crippen molar-refractivity contribution in [2.24, 2.45) is 0 Å². The highest BCUT2D eigenvalue weighted by Crippen LogP contribution is 2.21. The molecule has 0 aliphatic carbocycles. The lowest BCUT2D eigenvalue weighted by atomic mass is 10.1. The minimum atomic E-state index is -0.207. The molecule has 0 fully saturated rings. The molecule has 0 spiro atoms. The summed E-state index contributed by atoms with van der Waals surface area (Å²) in [6, 6.07) is 11.2. The van der Waals surface area contributed by atoms with Crippen LogP contribution in [0.3, 0.4) is 0 Å². The number of anilines is 2. The van der Waals surface area contributed by atoms with Gasteiger partial charge >= 0.3 is 0 Å². The summed E-state index contributed by atoms with van der Waals surface area (Å²) in [5.74, 6) is 0.365. The monoisotopic (exact) mass is 358 g/mol. The van der Waals surface area contributed by atoms with E-state index in [4.69, 9.17) is 5.26 Å². The van der Waals surface area contributed by atoms with Gasteiger partial charge in [0, 0.05) is 18.1 Å². The van der Waals surface area contributed by atoms with Crippen LogP contribution < -0.4 is 10.6 Å². The summed E-state index contributed by atoms with van der Waals surface area (Å²) in [6.07, 6.45) is 6.18. The van der Waals surface area contributed by atoms with E-state index in [9.17, 15) is 4.79 Å². The molecule has 7 nitrogen and oxygen atoms in total. The first-order valence-corrected chi connectivity index (χ1v) is 8.37. The van der Waals surface area contributed by atoms with Crippen molar-refractivity contribution in [3.8, 4) is 6.07 Å². The molecule has 0 saturated heterocycles. The summed E-state index contributed by atoms with van der Waals surface area (Å²) in [5, 5.41) is 14.9. The maximum atomic E-state index is 12.4. The summed E-state index contributed by atoms with van der Waals surface area (Å²) in [5.41, 5.74) is 3.38. The Morgan fingerprint density at radius 3 is 2.70 bits per heavy atom. The van der Waals surface area contributed by atoms with Gasteiger partial charge in [0.2, 0.25) is 0 Å². The number of aryl methyl sites for hydroxylation is 1. The highest BCUT2D eigenvalue weighted by molar-refractivity contribution is 6.04. The Labute approximate surface area is 157 Å². The molecule has 3 rings (SSSR count). The van der Waals surface area contributed by atoms with Crippen molar-refractivity contribution in [2.45, 2.75) is 19.9 Å². The van der Waals surface area contributed by atoms with E-state index in [0.717, 1.165) is 11.1 Å². The van der Waals surface area contributed by atoms with E-state index in [2.05, 4.69) is 25.6 Å². The predicted molar refractivity (Wildman–Crippen MR) is 102 cm³/mol. The molecule has 0 unspecified atom stereocenters. The minimum absolute atomic E-state index is 0.0651. The van der Waals surface area contributed by atoms with Crippen molar-refractivity contribution in [2.75, 3.05) is 10.6 Å². The van der Waals surface area contributed by atoms with Crippen molar-refractivity contribution < 1.29 is 4.79 Å². The van der Waals surface area contributed by atoms with Gasteiger partial charge in [0.1, 0.15) is 11.9 Å². The van der Waals surface area contributed by atoms with Crippen LogP contribution in [0, 0.1) is 18.3 Å². The SMILES string of the molecule is Cc1cncc(C(=O)Nc2cccc([C@H](C)Nc3cnc(C#N)cn3)c2)c1. The molecule has 0 aliphatic heterocycles. The zero-order valence-corrected chi connectivity index (χ0v) is 15.0. The molecule has 1 atom stereocenters. The molecule has 3 aromatic rings. The fraction of sp³-hybridized carbons (Fsp3) is 0.150. The van der Waals surface area contributed by atoms with Crippen LogP contribution in [0.15, 0.2) is 55.1 Å². The number of hydrogen-bond acceptors (Lipinski definition) is 6. The lowest BCUT2D eigenvalue weighted by molar-refractivity contribution is 0.102. The molecule has 27 heavy (non-hydrogen) atoms. The van der Waals surface area contributed by atoms with E-state index in [0.29, 0.717) is 17.1 Å². The fourth-order valence-electron chi connectivity index (χ4n) is 2.53. The number of rotatable bonds is 5. The Bertz CT molecular complexity index is 994. The van der Waals surface area contributed by atoms with E-state index in [1.165, 1.54) is 12.4 Å². The van der Waals surface area contributed by atoms with Crippen LogP contribution in [-0.4, -0.2) is 20.9 Å². The normalized spacial score (nSPS) is 11.3. The second kappa shape index (κ2) is 8.06. The quantitative estimate of drug-likeness (QED) is 0.724. The maximum Gasteiger partial charge on any atom is 0.257 e. The van der Waals surface area contributed by atoms with E-state index < -0.39 is 0 Å². The number of pyridine rings is 1. The molecule has 2 aromatic heterocycles. The number of carbonyl (C=O) groups is 1. The zero-order chi connectivity index (χ0) is 19.2. The number of amides is 1. The standard InChI is InChI=1S/C20H18N6O/c1-13-6-16(10-22-9-13)20(27)26-17-5-3-4-15(7-17)14(2)25-19-12-23-18(8-21)11-24-19/h3-7,9-12,14H,1-2H3,(H,24,25)(H,26,27)/t14-/m0/s1. The number of nitrogens with zero attached hydrogens (tertiary/aromatic N) is 4. The van der Waals surface area contributed by atoms with Gasteiger partial charge in [0.25, 0.3) is 5.91 Å². The van der Waals surface area contributed by atoms with Gasteiger partial charge in [-0.3, -0.25) is 9.78 Å². The number of carbonyl (C=O) groups excluding carboxylic acids is 1. The van der Waals surface area contributed by atoms with E-state index >= 15 is 0 Å². The largest absolute Gasteiger partial charge is 0.362 e. The van der Waals surface area contributed by atoms with Crippen molar-refractivity contribution in [1.82, 2.24) is 15.0 Å². The molecule has 1 aromatic carbocycles. The number of aromatic nitrogens is 3. The van der Waals surface area contributed by atoms with Crippen LogP contribution in [0.5, 0.6) is 0 Å². The average molecular weight is 358 g/mol. The lowest BCUT2D eigenvalue weighted by Gasteiger charge is -2.16. The Balaban J connectivity index is 1.70. The number of benzene rings is 1. The number of hydrogen-bond donors (Lipinski definition) is 2. The molecule has 0 radical (unpaired) electrons. The Kier molecular flexibility index (Phi) is 5.38. The van der Waals surface area contributed by atoms with Crippen LogP contribution in [0.1, 0.15) is 40.1 Å². The molecular weight excluding hydrogens is 340 g/mol. The number of nitriles is 1. The molecule has 1 amide bonds. The molecule has 2 N–H and O–H groups in total. The van der Waals surface area contributed by atoms with Gasteiger partial charge in [0.15, 0.2) is 5.69 Å².